The van der Waals surface area contributed by atoms with Gasteiger partial charge in [-0.3, -0.25) is 9.59 Å². The number of aliphatic hydroxyl groups excluding tert-OH is 2. The van der Waals surface area contributed by atoms with E-state index in [-0.39, 0.29) is 18.5 Å². The normalized spacial score (nSPS) is 12.6. The van der Waals surface area contributed by atoms with E-state index in [9.17, 15) is 19.8 Å². The van der Waals surface area contributed by atoms with Gasteiger partial charge in [0, 0.05) is 12.8 Å². The Morgan fingerprint density at radius 1 is 0.380 bits per heavy atom. The lowest BCUT2D eigenvalue weighted by molar-refractivity contribution is -0.143. The third-order valence-electron chi connectivity index (χ3n) is 15.3. The smallest absolute Gasteiger partial charge is 0.305 e. The van der Waals surface area contributed by atoms with Crippen molar-refractivity contribution in [3.05, 3.63) is 12.2 Å². The minimum Gasteiger partial charge on any atom is -0.466 e. The first-order chi connectivity index (χ1) is 35.0. The average Bonchev–Trinajstić information content (AvgIpc) is 3.37. The molecule has 0 fully saturated rings. The van der Waals surface area contributed by atoms with Gasteiger partial charge in [-0.2, -0.15) is 0 Å². The van der Waals surface area contributed by atoms with Crippen LogP contribution >= 0.6 is 0 Å². The fraction of sp³-hybridized carbons (Fsp3) is 0.938. The molecule has 0 bridgehead atoms. The van der Waals surface area contributed by atoms with Crippen LogP contribution in [0.1, 0.15) is 367 Å². The van der Waals surface area contributed by atoms with Crippen molar-refractivity contribution >= 4 is 11.9 Å². The van der Waals surface area contributed by atoms with Crippen LogP contribution in [-0.2, 0) is 14.3 Å². The van der Waals surface area contributed by atoms with Crippen LogP contribution in [0.4, 0.5) is 0 Å². The molecule has 2 unspecified atom stereocenters. The maximum atomic E-state index is 12.5. The summed E-state index contributed by atoms with van der Waals surface area (Å²) in [5, 5.41) is 23.3. The average molecular weight is 1000 g/mol. The molecular weight excluding hydrogens is 875 g/mol. The van der Waals surface area contributed by atoms with E-state index in [2.05, 4.69) is 31.3 Å². The second kappa shape index (κ2) is 61.1. The van der Waals surface area contributed by atoms with E-state index in [1.807, 2.05) is 0 Å². The number of amides is 1. The summed E-state index contributed by atoms with van der Waals surface area (Å²) in [6, 6.07) is -0.546. The minimum absolute atomic E-state index is 0.0138. The Bertz CT molecular complexity index is 1060. The Morgan fingerprint density at radius 3 is 1.00 bits per heavy atom. The van der Waals surface area contributed by atoms with Crippen LogP contribution in [0.2, 0.25) is 0 Å². The first-order valence-corrected chi connectivity index (χ1v) is 32.4. The Hall–Kier alpha value is -1.40. The molecule has 0 aromatic rings. The molecule has 6 heteroatoms. The summed E-state index contributed by atoms with van der Waals surface area (Å²) in [5.41, 5.74) is 0. The fourth-order valence-electron chi connectivity index (χ4n) is 10.3. The zero-order valence-corrected chi connectivity index (χ0v) is 48.2. The minimum atomic E-state index is -0.668. The third kappa shape index (κ3) is 57.7. The number of aliphatic hydroxyl groups is 2. The van der Waals surface area contributed by atoms with Gasteiger partial charge in [-0.15, -0.1) is 0 Å². The molecule has 1 amide bonds. The highest BCUT2D eigenvalue weighted by atomic mass is 16.5. The van der Waals surface area contributed by atoms with E-state index >= 15 is 0 Å². The Kier molecular flexibility index (Phi) is 59.9. The number of rotatable bonds is 61. The maximum Gasteiger partial charge on any atom is 0.305 e. The van der Waals surface area contributed by atoms with Gasteiger partial charge < -0.3 is 20.3 Å². The van der Waals surface area contributed by atoms with Crippen LogP contribution in [-0.4, -0.2) is 47.4 Å². The van der Waals surface area contributed by atoms with Crippen LogP contribution in [0.3, 0.4) is 0 Å². The molecule has 0 aromatic heterocycles. The maximum absolute atomic E-state index is 12.5. The number of carbonyl (C=O) groups is 2. The molecule has 0 saturated carbocycles. The van der Waals surface area contributed by atoms with E-state index in [1.54, 1.807) is 0 Å². The van der Waals surface area contributed by atoms with Crippen LogP contribution < -0.4 is 5.32 Å². The van der Waals surface area contributed by atoms with E-state index in [0.29, 0.717) is 25.9 Å². The molecule has 422 valence electrons. The quantitative estimate of drug-likeness (QED) is 0.0320. The molecular formula is C65H127NO5. The van der Waals surface area contributed by atoms with Gasteiger partial charge in [0.2, 0.25) is 5.91 Å². The number of hydrogen-bond acceptors (Lipinski definition) is 5. The number of carbonyl (C=O) groups excluding carboxylic acids is 2. The van der Waals surface area contributed by atoms with Crippen LogP contribution in [0.25, 0.3) is 0 Å². The lowest BCUT2D eigenvalue weighted by Crippen LogP contribution is -2.45. The zero-order chi connectivity index (χ0) is 51.4. The Balaban J connectivity index is 3.38. The van der Waals surface area contributed by atoms with Crippen molar-refractivity contribution in [2.45, 2.75) is 379 Å². The third-order valence-corrected chi connectivity index (χ3v) is 15.3. The van der Waals surface area contributed by atoms with Gasteiger partial charge in [-0.05, 0) is 51.4 Å². The van der Waals surface area contributed by atoms with Crippen LogP contribution in [0.15, 0.2) is 12.2 Å². The summed E-state index contributed by atoms with van der Waals surface area (Å²) in [6.45, 7) is 4.98. The first-order valence-electron chi connectivity index (χ1n) is 32.4. The van der Waals surface area contributed by atoms with Gasteiger partial charge in [0.25, 0.3) is 0 Å². The number of esters is 1. The van der Waals surface area contributed by atoms with Gasteiger partial charge in [0.05, 0.1) is 25.4 Å². The number of nitrogens with one attached hydrogen (secondary N) is 1. The second-order valence-electron chi connectivity index (χ2n) is 22.5. The summed E-state index contributed by atoms with van der Waals surface area (Å²) < 4.78 is 5.50. The molecule has 0 aliphatic heterocycles. The van der Waals surface area contributed by atoms with E-state index in [0.717, 1.165) is 38.5 Å². The highest BCUT2D eigenvalue weighted by molar-refractivity contribution is 5.76. The molecule has 0 aliphatic rings. The SMILES string of the molecule is CCCCCCCCCCCCCCCCCCCCCC(=O)OCCCCCCCCCCCC/C=C\CCCCCCCCCC(=O)NC(CO)C(O)CCCCCCCCCCCCCCCC. The number of unbranched alkanes of at least 4 members (excludes halogenated alkanes) is 48. The van der Waals surface area contributed by atoms with E-state index < -0.39 is 12.1 Å². The highest BCUT2D eigenvalue weighted by Crippen LogP contribution is 2.18. The van der Waals surface area contributed by atoms with Gasteiger partial charge in [-0.25, -0.2) is 0 Å². The lowest BCUT2D eigenvalue weighted by Gasteiger charge is -2.22. The first kappa shape index (κ1) is 69.6. The van der Waals surface area contributed by atoms with Gasteiger partial charge in [-0.1, -0.05) is 315 Å². The Labute approximate surface area is 444 Å². The molecule has 2 atom stereocenters. The van der Waals surface area contributed by atoms with Crippen molar-refractivity contribution in [2.24, 2.45) is 0 Å². The molecule has 0 spiro atoms. The van der Waals surface area contributed by atoms with Gasteiger partial charge in [0.15, 0.2) is 0 Å². The topological polar surface area (TPSA) is 95.9 Å². The summed E-state index contributed by atoms with van der Waals surface area (Å²) in [4.78, 5) is 24.6. The monoisotopic (exact) mass is 1000 g/mol. The van der Waals surface area contributed by atoms with Crippen molar-refractivity contribution in [1.82, 2.24) is 5.32 Å². The molecule has 0 aromatic carbocycles. The van der Waals surface area contributed by atoms with Crippen molar-refractivity contribution < 1.29 is 24.5 Å². The predicted molar refractivity (Wildman–Crippen MR) is 310 cm³/mol. The molecule has 3 N–H and O–H groups in total. The summed E-state index contributed by atoms with van der Waals surface area (Å²) in [6.07, 6.45) is 73.7. The number of hydrogen-bond donors (Lipinski definition) is 3. The molecule has 0 saturated heterocycles. The summed E-state index contributed by atoms with van der Waals surface area (Å²) in [7, 11) is 0. The molecule has 0 radical (unpaired) electrons. The van der Waals surface area contributed by atoms with Crippen molar-refractivity contribution in [2.75, 3.05) is 13.2 Å². The van der Waals surface area contributed by atoms with E-state index in [1.165, 1.54) is 295 Å². The Morgan fingerprint density at radius 2 is 0.662 bits per heavy atom. The van der Waals surface area contributed by atoms with E-state index in [4.69, 9.17) is 4.74 Å². The largest absolute Gasteiger partial charge is 0.466 e. The van der Waals surface area contributed by atoms with Gasteiger partial charge >= 0.3 is 5.97 Å². The molecule has 6 nitrogen and oxygen atoms in total. The van der Waals surface area contributed by atoms with Crippen molar-refractivity contribution in [1.29, 1.82) is 0 Å². The molecule has 0 aliphatic carbocycles. The lowest BCUT2D eigenvalue weighted by atomic mass is 10.0. The number of allylic oxidation sites excluding steroid dienone is 2. The standard InChI is InChI=1S/C65H127NO5/c1-3-5-7-9-11-13-15-17-19-20-24-28-31-35-39-43-47-51-55-59-65(70)71-60-56-52-48-44-40-36-32-29-26-23-21-22-25-27-30-34-38-42-46-50-54-58-64(69)66-62(61-67)63(68)57-53-49-45-41-37-33-18-16-14-12-10-8-6-4-2/h22,25,62-63,67-68H,3-21,23-24,26-61H2,1-2H3,(H,66,69)/b25-22-. The fourth-order valence-corrected chi connectivity index (χ4v) is 10.3. The summed E-state index contributed by atoms with van der Waals surface area (Å²) >= 11 is 0. The second-order valence-corrected chi connectivity index (χ2v) is 22.5. The van der Waals surface area contributed by atoms with Gasteiger partial charge in [0.1, 0.15) is 0 Å². The molecule has 0 heterocycles. The van der Waals surface area contributed by atoms with Crippen molar-refractivity contribution in [3.63, 3.8) is 0 Å². The van der Waals surface area contributed by atoms with Crippen LogP contribution in [0.5, 0.6) is 0 Å². The highest BCUT2D eigenvalue weighted by Gasteiger charge is 2.20. The van der Waals surface area contributed by atoms with Crippen LogP contribution in [0, 0.1) is 0 Å². The predicted octanol–water partition coefficient (Wildman–Crippen LogP) is 20.4. The molecule has 71 heavy (non-hydrogen) atoms. The zero-order valence-electron chi connectivity index (χ0n) is 48.2. The molecule has 0 rings (SSSR count). The number of ether oxygens (including phenoxy) is 1. The summed E-state index contributed by atoms with van der Waals surface area (Å²) in [5.74, 6) is -0.0267. The van der Waals surface area contributed by atoms with Crippen molar-refractivity contribution in [3.8, 4) is 0 Å².